The molecule has 2 aliphatic heterocycles. The molecule has 0 aromatic rings. The zero-order valence-corrected chi connectivity index (χ0v) is 12.7. The number of fused-ring (bicyclic) bond motifs is 1. The Morgan fingerprint density at radius 3 is 2.70 bits per heavy atom. The maximum Gasteiger partial charge on any atom is 0.332 e. The van der Waals surface area contributed by atoms with Crippen LogP contribution in [0.25, 0.3) is 0 Å². The Kier molecular flexibility index (Phi) is 4.71. The summed E-state index contributed by atoms with van der Waals surface area (Å²) < 4.78 is 27.2. The largest absolute Gasteiger partial charge is 0.463 e. The molecule has 6 nitrogen and oxygen atoms in total. The average Bonchev–Trinajstić information content (AvgIpc) is 2.80. The molecule has 2 aliphatic rings. The maximum atomic E-state index is 11.4. The highest BCUT2D eigenvalue weighted by atomic mass is 35.5. The third-order valence-electron chi connectivity index (χ3n) is 3.08. The van der Waals surface area contributed by atoms with E-state index in [0.29, 0.717) is 0 Å². The van der Waals surface area contributed by atoms with E-state index in [2.05, 4.69) is 0 Å². The summed E-state index contributed by atoms with van der Waals surface area (Å²) in [6.45, 7) is 5.60. The first-order valence-electron chi connectivity index (χ1n) is 6.45. The predicted octanol–water partition coefficient (Wildman–Crippen LogP) is 1.56. The second-order valence-electron chi connectivity index (χ2n) is 5.01. The number of esters is 1. The average molecular weight is 307 g/mol. The van der Waals surface area contributed by atoms with Crippen LogP contribution in [0.15, 0.2) is 11.1 Å². The fourth-order valence-corrected chi connectivity index (χ4v) is 2.60. The summed E-state index contributed by atoms with van der Waals surface area (Å²) in [6.07, 6.45) is -0.820. The number of rotatable bonds is 4. The third kappa shape index (κ3) is 3.15. The van der Waals surface area contributed by atoms with Crippen LogP contribution in [-0.4, -0.2) is 50.1 Å². The van der Waals surface area contributed by atoms with E-state index in [-0.39, 0.29) is 17.7 Å². The molecule has 0 aromatic heterocycles. The molecule has 0 aliphatic carbocycles. The SMILES string of the molecule is CCOC(=O)/C=C(\Cl)[C@H]1O[C@@H]2OC(C)(C)O[C@@H]2[C@H]1OC. The summed E-state index contributed by atoms with van der Waals surface area (Å²) in [4.78, 5) is 11.4. The normalized spacial score (nSPS) is 36.0. The zero-order chi connectivity index (χ0) is 14.9. The summed E-state index contributed by atoms with van der Waals surface area (Å²) in [5.74, 6) is -1.25. The van der Waals surface area contributed by atoms with Crippen molar-refractivity contribution in [2.45, 2.75) is 51.2 Å². The topological polar surface area (TPSA) is 63.2 Å². The minimum absolute atomic E-state index is 0.203. The number of ether oxygens (including phenoxy) is 5. The van der Waals surface area contributed by atoms with Gasteiger partial charge in [-0.25, -0.2) is 4.79 Å². The molecule has 0 saturated carbocycles. The Hall–Kier alpha value is -0.660. The summed E-state index contributed by atoms with van der Waals surface area (Å²) in [6, 6.07) is 0. The van der Waals surface area contributed by atoms with Crippen molar-refractivity contribution in [3.05, 3.63) is 11.1 Å². The molecule has 0 radical (unpaired) electrons. The van der Waals surface area contributed by atoms with Gasteiger partial charge in [-0.15, -0.1) is 0 Å². The van der Waals surface area contributed by atoms with E-state index in [1.165, 1.54) is 13.2 Å². The number of hydrogen-bond acceptors (Lipinski definition) is 6. The third-order valence-corrected chi connectivity index (χ3v) is 3.40. The Balaban J connectivity index is 2.09. The van der Waals surface area contributed by atoms with Crippen molar-refractivity contribution in [1.82, 2.24) is 0 Å². The van der Waals surface area contributed by atoms with Crippen LogP contribution in [0.3, 0.4) is 0 Å². The van der Waals surface area contributed by atoms with Crippen LogP contribution in [0.1, 0.15) is 20.8 Å². The lowest BCUT2D eigenvalue weighted by atomic mass is 10.1. The number of carbonyl (C=O) groups excluding carboxylic acids is 1. The van der Waals surface area contributed by atoms with Gasteiger partial charge < -0.3 is 23.7 Å². The quantitative estimate of drug-likeness (QED) is 0.580. The molecule has 0 spiro atoms. The van der Waals surface area contributed by atoms with Gasteiger partial charge in [-0.2, -0.15) is 0 Å². The second kappa shape index (κ2) is 5.99. The van der Waals surface area contributed by atoms with Crippen molar-refractivity contribution in [2.75, 3.05) is 13.7 Å². The smallest absolute Gasteiger partial charge is 0.332 e. The van der Waals surface area contributed by atoms with Crippen LogP contribution in [-0.2, 0) is 28.5 Å². The van der Waals surface area contributed by atoms with E-state index in [9.17, 15) is 4.79 Å². The van der Waals surface area contributed by atoms with Crippen molar-refractivity contribution in [3.8, 4) is 0 Å². The Labute approximate surface area is 122 Å². The molecule has 114 valence electrons. The first-order chi connectivity index (χ1) is 9.38. The summed E-state index contributed by atoms with van der Waals surface area (Å²) >= 11 is 6.12. The van der Waals surface area contributed by atoms with Gasteiger partial charge in [0.2, 0.25) is 0 Å². The first-order valence-corrected chi connectivity index (χ1v) is 6.83. The zero-order valence-electron chi connectivity index (χ0n) is 11.9. The minimum Gasteiger partial charge on any atom is -0.463 e. The molecule has 0 bridgehead atoms. The van der Waals surface area contributed by atoms with E-state index in [0.717, 1.165) is 0 Å². The molecule has 7 heteroatoms. The molecule has 0 amide bonds. The molecule has 2 heterocycles. The van der Waals surface area contributed by atoms with Crippen LogP contribution >= 0.6 is 11.6 Å². The van der Waals surface area contributed by atoms with Gasteiger partial charge in [-0.05, 0) is 20.8 Å². The number of halogens is 1. The highest BCUT2D eigenvalue weighted by Crippen LogP contribution is 2.41. The van der Waals surface area contributed by atoms with Gasteiger partial charge in [0, 0.05) is 13.2 Å². The first kappa shape index (κ1) is 15.7. The molecular weight excluding hydrogens is 288 g/mol. The van der Waals surface area contributed by atoms with E-state index in [4.69, 9.17) is 35.3 Å². The molecule has 4 atom stereocenters. The molecule has 2 saturated heterocycles. The monoisotopic (exact) mass is 306 g/mol. The van der Waals surface area contributed by atoms with Gasteiger partial charge >= 0.3 is 5.97 Å². The van der Waals surface area contributed by atoms with E-state index in [1.54, 1.807) is 20.8 Å². The highest BCUT2D eigenvalue weighted by Gasteiger charge is 2.55. The number of hydrogen-bond donors (Lipinski definition) is 0. The van der Waals surface area contributed by atoms with E-state index >= 15 is 0 Å². The van der Waals surface area contributed by atoms with Crippen molar-refractivity contribution >= 4 is 17.6 Å². The Bertz CT molecular complexity index is 408. The maximum absolute atomic E-state index is 11.4. The van der Waals surface area contributed by atoms with Crippen LogP contribution in [0.4, 0.5) is 0 Å². The fraction of sp³-hybridized carbons (Fsp3) is 0.769. The van der Waals surface area contributed by atoms with Gasteiger partial charge in [-0.1, -0.05) is 11.6 Å². The van der Waals surface area contributed by atoms with Crippen molar-refractivity contribution in [2.24, 2.45) is 0 Å². The Morgan fingerprint density at radius 1 is 1.40 bits per heavy atom. The van der Waals surface area contributed by atoms with Crippen molar-refractivity contribution < 1.29 is 28.5 Å². The standard InChI is InChI=1S/C13H19ClO6/c1-5-17-8(15)6-7(14)9-10(16-4)11-12(18-9)20-13(2,3)19-11/h6,9-12H,5H2,1-4H3/b7-6-/t9-,10+,11-,12-/m1/s1. The van der Waals surface area contributed by atoms with Crippen molar-refractivity contribution in [3.63, 3.8) is 0 Å². The van der Waals surface area contributed by atoms with Gasteiger partial charge in [0.1, 0.15) is 18.3 Å². The summed E-state index contributed by atoms with van der Waals surface area (Å²) in [5, 5.41) is 0.203. The number of carbonyl (C=O) groups is 1. The van der Waals surface area contributed by atoms with E-state index in [1.807, 2.05) is 0 Å². The molecular formula is C13H19ClO6. The molecule has 0 unspecified atom stereocenters. The highest BCUT2D eigenvalue weighted by molar-refractivity contribution is 6.31. The molecule has 0 N–H and O–H groups in total. The lowest BCUT2D eigenvalue weighted by molar-refractivity contribution is -0.211. The van der Waals surface area contributed by atoms with Crippen molar-refractivity contribution in [1.29, 1.82) is 0 Å². The van der Waals surface area contributed by atoms with Crippen LogP contribution in [0, 0.1) is 0 Å². The molecule has 2 rings (SSSR count). The van der Waals surface area contributed by atoms with E-state index < -0.39 is 30.3 Å². The van der Waals surface area contributed by atoms with Crippen LogP contribution < -0.4 is 0 Å². The summed E-state index contributed by atoms with van der Waals surface area (Å²) in [5.41, 5.74) is 0. The predicted molar refractivity (Wildman–Crippen MR) is 70.1 cm³/mol. The second-order valence-corrected chi connectivity index (χ2v) is 5.44. The number of methoxy groups -OCH3 is 1. The lowest BCUT2D eigenvalue weighted by Gasteiger charge is -2.24. The minimum atomic E-state index is -0.728. The molecule has 0 aromatic carbocycles. The molecule has 20 heavy (non-hydrogen) atoms. The van der Waals surface area contributed by atoms with Gasteiger partial charge in [0.05, 0.1) is 11.6 Å². The lowest BCUT2D eigenvalue weighted by Crippen LogP contribution is -2.36. The van der Waals surface area contributed by atoms with Crippen LogP contribution in [0.5, 0.6) is 0 Å². The van der Waals surface area contributed by atoms with Gasteiger partial charge in [0.25, 0.3) is 0 Å². The fourth-order valence-electron chi connectivity index (χ4n) is 2.34. The van der Waals surface area contributed by atoms with Crippen LogP contribution in [0.2, 0.25) is 0 Å². The van der Waals surface area contributed by atoms with Gasteiger partial charge in [0.15, 0.2) is 12.1 Å². The van der Waals surface area contributed by atoms with Gasteiger partial charge in [-0.3, -0.25) is 0 Å². The molecule has 2 fully saturated rings. The summed E-state index contributed by atoms with van der Waals surface area (Å²) in [7, 11) is 1.53. The Morgan fingerprint density at radius 2 is 2.10 bits per heavy atom.